The van der Waals surface area contributed by atoms with Gasteiger partial charge >= 0.3 is 0 Å². The molecule has 0 saturated heterocycles. The maximum absolute atomic E-state index is 2.52. The molecule has 130 valence electrons. The van der Waals surface area contributed by atoms with Crippen LogP contribution in [0.25, 0.3) is 0 Å². The van der Waals surface area contributed by atoms with Gasteiger partial charge in [0.1, 0.15) is 6.04 Å². The fourth-order valence-electron chi connectivity index (χ4n) is 3.21. The molecule has 2 N–H and O–H groups in total. The predicted molar refractivity (Wildman–Crippen MR) is 91.1 cm³/mol. The van der Waals surface area contributed by atoms with Crippen LogP contribution < -0.4 is 30.1 Å². The monoisotopic (exact) mass is 354 g/mol. The zero-order valence-electron chi connectivity index (χ0n) is 14.9. The molecule has 0 saturated carbocycles. The Morgan fingerprint density at radius 3 is 2.09 bits per heavy atom. The smallest absolute Gasteiger partial charge is 0.113 e. The third kappa shape index (κ3) is 6.71. The molecular weight excluding hydrogens is 325 g/mol. The van der Waals surface area contributed by atoms with Gasteiger partial charge in [0.25, 0.3) is 0 Å². The van der Waals surface area contributed by atoms with Crippen molar-refractivity contribution in [1.29, 1.82) is 0 Å². The molecule has 1 aliphatic rings. The van der Waals surface area contributed by atoms with Crippen LogP contribution in [0.3, 0.4) is 0 Å². The lowest BCUT2D eigenvalue weighted by atomic mass is 9.76. The first-order valence-electron chi connectivity index (χ1n) is 8.05. The quantitative estimate of drug-likeness (QED) is 0.655. The van der Waals surface area contributed by atoms with Crippen molar-refractivity contribution in [3.05, 3.63) is 59.7 Å². The topological polar surface area (TPSA) is 16.6 Å². The van der Waals surface area contributed by atoms with Crippen molar-refractivity contribution >= 4 is 0 Å². The summed E-state index contributed by atoms with van der Waals surface area (Å²) in [5.74, 6) is 0. The van der Waals surface area contributed by atoms with E-state index < -0.39 is 0 Å². The van der Waals surface area contributed by atoms with Crippen LogP contribution in [0, 0.1) is 5.41 Å². The van der Waals surface area contributed by atoms with Crippen LogP contribution in [-0.2, 0) is 0 Å². The van der Waals surface area contributed by atoms with Gasteiger partial charge in [-0.05, 0) is 32.6 Å². The summed E-state index contributed by atoms with van der Waals surface area (Å²) in [6.45, 7) is 11.7. The summed E-state index contributed by atoms with van der Waals surface area (Å²) in [4.78, 5) is 0. The molecule has 0 aliphatic heterocycles. The van der Waals surface area contributed by atoms with E-state index in [9.17, 15) is 0 Å². The number of rotatable bonds is 5. The van der Waals surface area contributed by atoms with Gasteiger partial charge in [-0.1, -0.05) is 68.0 Å². The van der Waals surface area contributed by atoms with Crippen molar-refractivity contribution in [3.63, 3.8) is 0 Å². The zero-order valence-corrected chi connectivity index (χ0v) is 16.5. The van der Waals surface area contributed by atoms with Gasteiger partial charge in [-0.25, -0.2) is 0 Å². The van der Waals surface area contributed by atoms with E-state index in [0.717, 1.165) is 6.42 Å². The molecule has 1 aromatic carbocycles. The van der Waals surface area contributed by atoms with Crippen LogP contribution in [0.1, 0.15) is 59.1 Å². The molecule has 23 heavy (non-hydrogen) atoms. The lowest BCUT2D eigenvalue weighted by Crippen LogP contribution is -3.00. The highest BCUT2D eigenvalue weighted by Gasteiger charge is 2.32. The van der Waals surface area contributed by atoms with Crippen LogP contribution in [-0.4, -0.2) is 5.54 Å². The largest absolute Gasteiger partial charge is 1.00 e. The van der Waals surface area contributed by atoms with Crippen LogP contribution in [0.15, 0.2) is 54.1 Å². The van der Waals surface area contributed by atoms with E-state index >= 15 is 0 Å². The molecule has 3 heteroatoms. The summed E-state index contributed by atoms with van der Waals surface area (Å²) in [7, 11) is 0. The van der Waals surface area contributed by atoms with Crippen molar-refractivity contribution in [1.82, 2.24) is 0 Å². The average Bonchev–Trinajstić information content (AvgIpc) is 2.92. The molecule has 1 aliphatic carbocycles. The van der Waals surface area contributed by atoms with Crippen molar-refractivity contribution in [2.24, 2.45) is 5.41 Å². The number of nitrogens with two attached hydrogens (primary N) is 1. The summed E-state index contributed by atoms with van der Waals surface area (Å²) >= 11 is 0. The van der Waals surface area contributed by atoms with E-state index in [1.165, 1.54) is 12.0 Å². The van der Waals surface area contributed by atoms with E-state index in [1.54, 1.807) is 5.57 Å². The molecule has 0 bridgehead atoms. The highest BCUT2D eigenvalue weighted by atomic mass is 35.5. The first kappa shape index (κ1) is 22.2. The molecule has 0 fully saturated rings. The average molecular weight is 355 g/mol. The summed E-state index contributed by atoms with van der Waals surface area (Å²) in [5, 5.41) is 2.52. The van der Waals surface area contributed by atoms with Gasteiger partial charge in [0.05, 0.1) is 5.54 Å². The van der Waals surface area contributed by atoms with Crippen molar-refractivity contribution in [2.75, 3.05) is 0 Å². The summed E-state index contributed by atoms with van der Waals surface area (Å²) in [6, 6.07) is 11.5. The Balaban J connectivity index is 0.00000242. The highest BCUT2D eigenvalue weighted by Crippen LogP contribution is 2.38. The number of quaternary nitrogens is 1. The number of allylic oxidation sites excluding steroid dienone is 4. The predicted octanol–water partition coefficient (Wildman–Crippen LogP) is -1.60. The van der Waals surface area contributed by atoms with Gasteiger partial charge in [0, 0.05) is 12.0 Å². The van der Waals surface area contributed by atoms with Crippen LogP contribution >= 0.6 is 0 Å². The number of hydrogen-bond acceptors (Lipinski definition) is 0. The van der Waals surface area contributed by atoms with E-state index in [4.69, 9.17) is 0 Å². The lowest BCUT2D eigenvalue weighted by Gasteiger charge is -2.33. The molecule has 1 atom stereocenters. The second kappa shape index (κ2) is 8.92. The second-order valence-electron chi connectivity index (χ2n) is 7.96. The van der Waals surface area contributed by atoms with E-state index in [-0.39, 0.29) is 35.8 Å². The maximum atomic E-state index is 2.52. The lowest BCUT2D eigenvalue weighted by molar-refractivity contribution is -0.755. The molecule has 1 unspecified atom stereocenters. The summed E-state index contributed by atoms with van der Waals surface area (Å²) < 4.78 is 0. The van der Waals surface area contributed by atoms with E-state index in [1.807, 2.05) is 0 Å². The number of benzene rings is 1. The Bertz CT molecular complexity index is 524. The minimum absolute atomic E-state index is 0. The van der Waals surface area contributed by atoms with E-state index in [0.29, 0.717) is 6.04 Å². The van der Waals surface area contributed by atoms with Gasteiger partial charge in [-0.15, -0.1) is 0 Å². The Hall–Kier alpha value is -0.760. The van der Waals surface area contributed by atoms with E-state index in [2.05, 4.69) is 88.5 Å². The van der Waals surface area contributed by atoms with Gasteiger partial charge in [-0.3, -0.25) is 0 Å². The van der Waals surface area contributed by atoms with Gasteiger partial charge < -0.3 is 30.1 Å². The summed E-state index contributed by atoms with van der Waals surface area (Å²) in [5.41, 5.74) is 3.47. The fraction of sp³-hybridized carbons (Fsp3) is 0.500. The van der Waals surface area contributed by atoms with Crippen LogP contribution in [0.4, 0.5) is 0 Å². The standard InChI is InChI=1S/C20H29N.2ClH/c1-19(2,3)21-18(16-11-7-6-8-12-16)15-20(4,5)17-13-9-10-14-17;;/h6-13,18,21H,14-15H2,1-5H3;2*1H/p-1. The highest BCUT2D eigenvalue weighted by molar-refractivity contribution is 5.28. The first-order valence-corrected chi connectivity index (χ1v) is 8.05. The summed E-state index contributed by atoms with van der Waals surface area (Å²) in [6.07, 6.45) is 9.05. The molecule has 1 aromatic rings. The molecular formula is C20H30Cl2N-. The Kier molecular flexibility index (Phi) is 8.62. The third-order valence-corrected chi connectivity index (χ3v) is 4.30. The van der Waals surface area contributed by atoms with Gasteiger partial charge in [0.2, 0.25) is 0 Å². The maximum Gasteiger partial charge on any atom is 0.113 e. The second-order valence-corrected chi connectivity index (χ2v) is 7.96. The van der Waals surface area contributed by atoms with Gasteiger partial charge in [0.15, 0.2) is 0 Å². The third-order valence-electron chi connectivity index (χ3n) is 4.30. The fourth-order valence-corrected chi connectivity index (χ4v) is 3.21. The normalized spacial score (nSPS) is 15.4. The molecule has 2 rings (SSSR count). The molecule has 0 heterocycles. The first-order chi connectivity index (χ1) is 9.78. The Morgan fingerprint density at radius 1 is 1.00 bits per heavy atom. The molecule has 0 spiro atoms. The zero-order chi connectivity index (χ0) is 15.5. The minimum atomic E-state index is 0. The Labute approximate surface area is 154 Å². The minimum Gasteiger partial charge on any atom is -1.00 e. The van der Waals surface area contributed by atoms with Crippen molar-refractivity contribution < 1.29 is 30.1 Å². The molecule has 1 nitrogen and oxygen atoms in total. The number of hydrogen-bond donors (Lipinski definition) is 1. The van der Waals surface area contributed by atoms with Crippen molar-refractivity contribution in [2.45, 2.75) is 59.0 Å². The van der Waals surface area contributed by atoms with Crippen molar-refractivity contribution in [3.8, 4) is 0 Å². The van der Waals surface area contributed by atoms with Crippen LogP contribution in [0.2, 0.25) is 0 Å². The molecule has 0 aromatic heterocycles. The molecule has 0 amide bonds. The Morgan fingerprint density at radius 2 is 1.61 bits per heavy atom. The molecule has 0 radical (unpaired) electrons. The van der Waals surface area contributed by atoms with Crippen LogP contribution in [0.5, 0.6) is 0 Å². The number of halogens is 2. The van der Waals surface area contributed by atoms with Gasteiger partial charge in [-0.2, -0.15) is 0 Å². The SMILES string of the molecule is CC(C)(C)[NH2+]C(CC(C)(C)C1=CC=CC1)c1ccccc1.[Cl-].[Cl-].